The van der Waals surface area contributed by atoms with Gasteiger partial charge in [0.25, 0.3) is 0 Å². The van der Waals surface area contributed by atoms with E-state index < -0.39 is 0 Å². The topological polar surface area (TPSA) is 57.4 Å². The van der Waals surface area contributed by atoms with E-state index in [4.69, 9.17) is 0 Å². The zero-order chi connectivity index (χ0) is 10.5. The van der Waals surface area contributed by atoms with Gasteiger partial charge < -0.3 is 9.97 Å². The molecule has 2 rings (SSSR count). The molecule has 0 aliphatic carbocycles. The van der Waals surface area contributed by atoms with E-state index >= 15 is 0 Å². The van der Waals surface area contributed by atoms with E-state index in [1.54, 1.807) is 37.4 Å². The number of rotatable bonds is 1. The van der Waals surface area contributed by atoms with Crippen LogP contribution in [0.5, 0.6) is 0 Å². The van der Waals surface area contributed by atoms with Gasteiger partial charge >= 0.3 is 0 Å². The highest BCUT2D eigenvalue weighted by Crippen LogP contribution is 1.76. The van der Waals surface area contributed by atoms with E-state index in [1.807, 2.05) is 0 Å². The number of hydrogen-bond acceptors (Lipinski definition) is 2. The van der Waals surface area contributed by atoms with Crippen molar-refractivity contribution in [1.82, 2.24) is 19.9 Å². The first-order valence-electron chi connectivity index (χ1n) is 4.77. The van der Waals surface area contributed by atoms with Crippen molar-refractivity contribution in [3.63, 3.8) is 0 Å². The Balaban J connectivity index is 0.000000183. The lowest BCUT2D eigenvalue weighted by atomic mass is 10.4. The smallest absolute Gasteiger partial charge is 0.0919 e. The van der Waals surface area contributed by atoms with Gasteiger partial charge in [-0.2, -0.15) is 0 Å². The molecule has 0 atom stereocenters. The first kappa shape index (κ1) is 12.4. The third-order valence-corrected chi connectivity index (χ3v) is 1.31. The molecule has 0 bridgehead atoms. The Hall–Kier alpha value is -1.58. The quantitative estimate of drug-likeness (QED) is 0.733. The zero-order valence-electron chi connectivity index (χ0n) is 8.77. The molecule has 4 nitrogen and oxygen atoms in total. The fourth-order valence-electron chi connectivity index (χ4n) is 0.430. The molecule has 0 aliphatic rings. The molecule has 2 aromatic heterocycles. The van der Waals surface area contributed by atoms with E-state index in [9.17, 15) is 0 Å². The lowest BCUT2D eigenvalue weighted by molar-refractivity contribution is 0.886. The molecule has 0 aromatic carbocycles. The van der Waals surface area contributed by atoms with Crippen LogP contribution >= 0.6 is 0 Å². The molecular formula is C10H18N4. The maximum absolute atomic E-state index is 3.67. The average Bonchev–Trinajstić information content (AvgIpc) is 2.94. The van der Waals surface area contributed by atoms with Gasteiger partial charge in [0.05, 0.1) is 12.7 Å². The van der Waals surface area contributed by atoms with Gasteiger partial charge in [0.1, 0.15) is 0 Å². The molecule has 0 saturated heterocycles. The van der Waals surface area contributed by atoms with Gasteiger partial charge in [0, 0.05) is 24.8 Å². The third kappa shape index (κ3) is 10.4. The molecule has 0 aliphatic heterocycles. The van der Waals surface area contributed by atoms with Gasteiger partial charge in [0.15, 0.2) is 0 Å². The molecule has 2 heterocycles. The van der Waals surface area contributed by atoms with Crippen molar-refractivity contribution in [2.75, 3.05) is 0 Å². The van der Waals surface area contributed by atoms with E-state index in [-0.39, 0.29) is 0 Å². The van der Waals surface area contributed by atoms with E-state index in [2.05, 4.69) is 33.8 Å². The van der Waals surface area contributed by atoms with Crippen LogP contribution in [0.1, 0.15) is 26.7 Å². The maximum Gasteiger partial charge on any atom is 0.0919 e. The number of aromatic amines is 2. The summed E-state index contributed by atoms with van der Waals surface area (Å²) in [5.41, 5.74) is 0. The Bertz CT molecular complexity index is 174. The summed E-state index contributed by atoms with van der Waals surface area (Å²) in [5.74, 6) is 0. The van der Waals surface area contributed by atoms with Gasteiger partial charge in [-0.15, -0.1) is 0 Å². The van der Waals surface area contributed by atoms with Gasteiger partial charge in [-0.1, -0.05) is 26.7 Å². The Morgan fingerprint density at radius 1 is 0.857 bits per heavy atom. The molecule has 78 valence electrons. The molecule has 0 saturated carbocycles. The predicted octanol–water partition coefficient (Wildman–Crippen LogP) is 2.63. The molecule has 0 spiro atoms. The standard InChI is InChI=1S/C4H10.2C3H4N2/c1-3-4-2;2*1-2-5-3-4-1/h3-4H2,1-2H3;2*1-3H,(H,4,5). The maximum atomic E-state index is 3.67. The normalized spacial score (nSPS) is 7.86. The zero-order valence-corrected chi connectivity index (χ0v) is 8.77. The predicted molar refractivity (Wildman–Crippen MR) is 57.8 cm³/mol. The lowest BCUT2D eigenvalue weighted by Crippen LogP contribution is -1.47. The Morgan fingerprint density at radius 2 is 1.29 bits per heavy atom. The van der Waals surface area contributed by atoms with Crippen LogP contribution in [0.4, 0.5) is 0 Å². The van der Waals surface area contributed by atoms with Crippen LogP contribution in [0.25, 0.3) is 0 Å². The summed E-state index contributed by atoms with van der Waals surface area (Å²) in [6.45, 7) is 4.36. The van der Waals surface area contributed by atoms with Crippen LogP contribution in [0.3, 0.4) is 0 Å². The Morgan fingerprint density at radius 3 is 1.36 bits per heavy atom. The van der Waals surface area contributed by atoms with E-state index in [0.29, 0.717) is 0 Å². The van der Waals surface area contributed by atoms with Crippen molar-refractivity contribution < 1.29 is 0 Å². The second kappa shape index (κ2) is 11.4. The van der Waals surface area contributed by atoms with Gasteiger partial charge in [0.2, 0.25) is 0 Å². The number of aromatic nitrogens is 4. The van der Waals surface area contributed by atoms with Crippen LogP contribution in [-0.4, -0.2) is 19.9 Å². The highest BCUT2D eigenvalue weighted by atomic mass is 14.8. The SMILES string of the molecule is CCCC.c1c[nH]cn1.c1c[nH]cn1. The second-order valence-electron chi connectivity index (χ2n) is 2.52. The molecule has 14 heavy (non-hydrogen) atoms. The van der Waals surface area contributed by atoms with Gasteiger partial charge in [-0.3, -0.25) is 0 Å². The molecule has 0 fully saturated rings. The number of nitrogens with one attached hydrogen (secondary N) is 2. The van der Waals surface area contributed by atoms with Crippen molar-refractivity contribution >= 4 is 0 Å². The number of nitrogens with zero attached hydrogens (tertiary/aromatic N) is 2. The fourth-order valence-corrected chi connectivity index (χ4v) is 0.430. The highest BCUT2D eigenvalue weighted by Gasteiger charge is 1.57. The van der Waals surface area contributed by atoms with E-state index in [1.165, 1.54) is 12.8 Å². The van der Waals surface area contributed by atoms with Crippen molar-refractivity contribution in [3.05, 3.63) is 37.4 Å². The second-order valence-corrected chi connectivity index (χ2v) is 2.52. The van der Waals surface area contributed by atoms with Crippen LogP contribution in [0, 0.1) is 0 Å². The van der Waals surface area contributed by atoms with Crippen molar-refractivity contribution in [1.29, 1.82) is 0 Å². The van der Waals surface area contributed by atoms with Crippen molar-refractivity contribution in [2.45, 2.75) is 26.7 Å². The van der Waals surface area contributed by atoms with Crippen LogP contribution in [0.2, 0.25) is 0 Å². The number of unbranched alkanes of at least 4 members (excludes halogenated alkanes) is 1. The summed E-state index contributed by atoms with van der Waals surface area (Å²) >= 11 is 0. The van der Waals surface area contributed by atoms with Gasteiger partial charge in [-0.25, -0.2) is 9.97 Å². The molecular weight excluding hydrogens is 176 g/mol. The first-order valence-corrected chi connectivity index (χ1v) is 4.77. The van der Waals surface area contributed by atoms with Crippen LogP contribution < -0.4 is 0 Å². The molecule has 2 aromatic rings. The van der Waals surface area contributed by atoms with Gasteiger partial charge in [-0.05, 0) is 0 Å². The summed E-state index contributed by atoms with van der Waals surface area (Å²) in [7, 11) is 0. The highest BCUT2D eigenvalue weighted by molar-refractivity contribution is 4.65. The molecule has 0 amide bonds. The minimum absolute atomic E-state index is 1.32. The summed E-state index contributed by atoms with van der Waals surface area (Å²) in [4.78, 5) is 12.8. The molecule has 0 unspecified atom stereocenters. The number of imidazole rings is 2. The third-order valence-electron chi connectivity index (χ3n) is 1.31. The average molecular weight is 194 g/mol. The fraction of sp³-hybridized carbons (Fsp3) is 0.400. The molecule has 4 heteroatoms. The number of H-pyrrole nitrogens is 2. The lowest BCUT2D eigenvalue weighted by Gasteiger charge is -1.68. The van der Waals surface area contributed by atoms with Crippen molar-refractivity contribution in [2.24, 2.45) is 0 Å². The summed E-state index contributed by atoms with van der Waals surface area (Å²) < 4.78 is 0. The van der Waals surface area contributed by atoms with Crippen molar-refractivity contribution in [3.8, 4) is 0 Å². The largest absolute Gasteiger partial charge is 0.351 e. The summed E-state index contributed by atoms with van der Waals surface area (Å²) in [5, 5.41) is 0. The minimum Gasteiger partial charge on any atom is -0.351 e. The number of hydrogen-bond donors (Lipinski definition) is 2. The summed E-state index contributed by atoms with van der Waals surface area (Å²) in [6, 6.07) is 0. The molecule has 0 radical (unpaired) electrons. The Kier molecular flexibility index (Phi) is 10.1. The monoisotopic (exact) mass is 194 g/mol. The first-order chi connectivity index (χ1) is 6.91. The minimum atomic E-state index is 1.32. The Labute approximate surface area is 84.8 Å². The summed E-state index contributed by atoms with van der Waals surface area (Å²) in [6.07, 6.45) is 12.8. The molecule has 2 N–H and O–H groups in total. The van der Waals surface area contributed by atoms with Crippen LogP contribution in [-0.2, 0) is 0 Å². The van der Waals surface area contributed by atoms with Crippen LogP contribution in [0.15, 0.2) is 37.4 Å². The van der Waals surface area contributed by atoms with E-state index in [0.717, 1.165) is 0 Å².